The molecule has 0 unspecified atom stereocenters. The molecule has 0 heterocycles. The summed E-state index contributed by atoms with van der Waals surface area (Å²) in [5, 5.41) is 0. The summed E-state index contributed by atoms with van der Waals surface area (Å²) in [6, 6.07) is 5.08. The Morgan fingerprint density at radius 1 is 1.33 bits per heavy atom. The molecule has 18 heavy (non-hydrogen) atoms. The van der Waals surface area contributed by atoms with Crippen molar-refractivity contribution in [1.82, 2.24) is 0 Å². The van der Waals surface area contributed by atoms with Crippen molar-refractivity contribution in [2.45, 2.75) is 6.54 Å². The van der Waals surface area contributed by atoms with Crippen LogP contribution in [0.1, 0.15) is 5.56 Å². The monoisotopic (exact) mass is 274 g/mol. The van der Waals surface area contributed by atoms with E-state index in [1.807, 2.05) is 0 Å². The van der Waals surface area contributed by atoms with Crippen molar-refractivity contribution in [2.24, 2.45) is 5.73 Å². The molecule has 6 nitrogen and oxygen atoms in total. The molecule has 0 spiro atoms. The standard InChI is InChI=1S/C11H18N2O4S/c1-16-5-6-18(14,15)13-10-4-3-9(8-12)7-11(10)17-2/h3-4,7,13H,5-6,8,12H2,1-2H3. The van der Waals surface area contributed by atoms with Crippen LogP contribution in [0, 0.1) is 0 Å². The van der Waals surface area contributed by atoms with E-state index in [-0.39, 0.29) is 12.4 Å². The summed E-state index contributed by atoms with van der Waals surface area (Å²) in [7, 11) is -0.510. The first kappa shape index (κ1) is 14.7. The number of hydrogen-bond donors (Lipinski definition) is 2. The molecule has 0 amide bonds. The van der Waals surface area contributed by atoms with E-state index >= 15 is 0 Å². The second kappa shape index (κ2) is 6.58. The molecule has 0 aliphatic heterocycles. The minimum atomic E-state index is -3.44. The first-order valence-corrected chi connectivity index (χ1v) is 7.04. The Hall–Kier alpha value is -1.31. The smallest absolute Gasteiger partial charge is 0.235 e. The lowest BCUT2D eigenvalue weighted by molar-refractivity contribution is 0.217. The van der Waals surface area contributed by atoms with E-state index in [1.165, 1.54) is 14.2 Å². The van der Waals surface area contributed by atoms with Crippen LogP contribution >= 0.6 is 0 Å². The average Bonchev–Trinajstić information content (AvgIpc) is 2.36. The third-order valence-corrected chi connectivity index (χ3v) is 3.56. The van der Waals surface area contributed by atoms with Gasteiger partial charge in [0.1, 0.15) is 5.75 Å². The molecule has 3 N–H and O–H groups in total. The van der Waals surface area contributed by atoms with E-state index in [0.717, 1.165) is 5.56 Å². The summed E-state index contributed by atoms with van der Waals surface area (Å²) in [6.07, 6.45) is 0. The average molecular weight is 274 g/mol. The van der Waals surface area contributed by atoms with Crippen LogP contribution in [0.2, 0.25) is 0 Å². The summed E-state index contributed by atoms with van der Waals surface area (Å²) < 4.78 is 35.7. The zero-order valence-electron chi connectivity index (χ0n) is 10.5. The Labute approximate surface area is 107 Å². The molecule has 102 valence electrons. The van der Waals surface area contributed by atoms with Gasteiger partial charge in [-0.25, -0.2) is 8.42 Å². The predicted molar refractivity (Wildman–Crippen MR) is 70.2 cm³/mol. The summed E-state index contributed by atoms with van der Waals surface area (Å²) in [5.74, 6) is 0.338. The molecule has 0 fully saturated rings. The highest BCUT2D eigenvalue weighted by Gasteiger charge is 2.13. The van der Waals surface area contributed by atoms with Crippen LogP contribution in [0.3, 0.4) is 0 Å². The predicted octanol–water partition coefficient (Wildman–Crippen LogP) is 0.542. The number of benzene rings is 1. The molecular weight excluding hydrogens is 256 g/mol. The highest BCUT2D eigenvalue weighted by atomic mass is 32.2. The van der Waals surface area contributed by atoms with Crippen LogP contribution in [0.25, 0.3) is 0 Å². The van der Waals surface area contributed by atoms with Crippen LogP contribution in [0.15, 0.2) is 18.2 Å². The Balaban J connectivity index is 2.90. The van der Waals surface area contributed by atoms with E-state index in [0.29, 0.717) is 18.0 Å². The maximum absolute atomic E-state index is 11.7. The third kappa shape index (κ3) is 4.17. The van der Waals surface area contributed by atoms with Gasteiger partial charge in [0.25, 0.3) is 0 Å². The lowest BCUT2D eigenvalue weighted by Crippen LogP contribution is -2.20. The maximum Gasteiger partial charge on any atom is 0.235 e. The highest BCUT2D eigenvalue weighted by Crippen LogP contribution is 2.26. The van der Waals surface area contributed by atoms with Crippen molar-refractivity contribution in [3.63, 3.8) is 0 Å². The van der Waals surface area contributed by atoms with Crippen molar-refractivity contribution < 1.29 is 17.9 Å². The van der Waals surface area contributed by atoms with Gasteiger partial charge in [-0.15, -0.1) is 0 Å². The molecule has 1 rings (SSSR count). The van der Waals surface area contributed by atoms with Crippen LogP contribution in [-0.2, 0) is 21.3 Å². The number of methoxy groups -OCH3 is 2. The lowest BCUT2D eigenvalue weighted by atomic mass is 10.2. The van der Waals surface area contributed by atoms with Gasteiger partial charge in [0.2, 0.25) is 10.0 Å². The third-order valence-electron chi connectivity index (χ3n) is 2.32. The fourth-order valence-corrected chi connectivity index (χ4v) is 2.35. The molecule has 0 radical (unpaired) electrons. The van der Waals surface area contributed by atoms with Crippen molar-refractivity contribution >= 4 is 15.7 Å². The summed E-state index contributed by atoms with van der Waals surface area (Å²) >= 11 is 0. The molecule has 0 bridgehead atoms. The summed E-state index contributed by atoms with van der Waals surface area (Å²) in [5.41, 5.74) is 6.77. The van der Waals surface area contributed by atoms with Gasteiger partial charge in [-0.05, 0) is 17.7 Å². The molecule has 0 aliphatic rings. The first-order valence-electron chi connectivity index (χ1n) is 5.39. The number of sulfonamides is 1. The Morgan fingerprint density at radius 2 is 2.06 bits per heavy atom. The molecule has 0 aliphatic carbocycles. The topological polar surface area (TPSA) is 90.7 Å². The number of rotatable bonds is 7. The highest BCUT2D eigenvalue weighted by molar-refractivity contribution is 7.92. The largest absolute Gasteiger partial charge is 0.495 e. The normalized spacial score (nSPS) is 11.3. The van der Waals surface area contributed by atoms with Crippen molar-refractivity contribution in [3.8, 4) is 5.75 Å². The minimum Gasteiger partial charge on any atom is -0.495 e. The summed E-state index contributed by atoms with van der Waals surface area (Å²) in [4.78, 5) is 0. The van der Waals surface area contributed by atoms with E-state index in [9.17, 15) is 8.42 Å². The zero-order valence-corrected chi connectivity index (χ0v) is 11.3. The Kier molecular flexibility index (Phi) is 5.39. The number of anilines is 1. The van der Waals surface area contributed by atoms with E-state index < -0.39 is 10.0 Å². The fourth-order valence-electron chi connectivity index (χ4n) is 1.36. The second-order valence-electron chi connectivity index (χ2n) is 3.65. The number of hydrogen-bond acceptors (Lipinski definition) is 5. The molecule has 0 saturated heterocycles. The van der Waals surface area contributed by atoms with Gasteiger partial charge in [-0.1, -0.05) is 6.07 Å². The Morgan fingerprint density at radius 3 is 2.61 bits per heavy atom. The SMILES string of the molecule is COCCS(=O)(=O)Nc1ccc(CN)cc1OC. The van der Waals surface area contributed by atoms with E-state index in [2.05, 4.69) is 4.72 Å². The second-order valence-corrected chi connectivity index (χ2v) is 5.49. The summed E-state index contributed by atoms with van der Waals surface area (Å²) in [6.45, 7) is 0.506. The van der Waals surface area contributed by atoms with Gasteiger partial charge in [-0.3, -0.25) is 4.72 Å². The molecular formula is C11H18N2O4S. The van der Waals surface area contributed by atoms with Crippen LogP contribution in [0.4, 0.5) is 5.69 Å². The van der Waals surface area contributed by atoms with E-state index in [1.54, 1.807) is 18.2 Å². The van der Waals surface area contributed by atoms with Gasteiger partial charge in [0, 0.05) is 13.7 Å². The Bertz CT molecular complexity index is 488. The van der Waals surface area contributed by atoms with Crippen LogP contribution in [-0.4, -0.2) is 35.0 Å². The maximum atomic E-state index is 11.7. The molecule has 0 saturated carbocycles. The zero-order chi connectivity index (χ0) is 13.6. The molecule has 7 heteroatoms. The molecule has 1 aromatic carbocycles. The van der Waals surface area contributed by atoms with Gasteiger partial charge >= 0.3 is 0 Å². The van der Waals surface area contributed by atoms with Gasteiger partial charge in [0.15, 0.2) is 0 Å². The molecule has 0 atom stereocenters. The van der Waals surface area contributed by atoms with Crippen LogP contribution in [0.5, 0.6) is 5.75 Å². The first-order chi connectivity index (χ1) is 8.52. The lowest BCUT2D eigenvalue weighted by Gasteiger charge is -2.12. The van der Waals surface area contributed by atoms with Gasteiger partial charge in [-0.2, -0.15) is 0 Å². The van der Waals surface area contributed by atoms with Crippen molar-refractivity contribution in [2.75, 3.05) is 31.3 Å². The van der Waals surface area contributed by atoms with Crippen LogP contribution < -0.4 is 15.2 Å². The van der Waals surface area contributed by atoms with Crippen molar-refractivity contribution in [1.29, 1.82) is 0 Å². The number of ether oxygens (including phenoxy) is 2. The van der Waals surface area contributed by atoms with Gasteiger partial charge < -0.3 is 15.2 Å². The number of nitrogens with two attached hydrogens (primary N) is 1. The van der Waals surface area contributed by atoms with Crippen molar-refractivity contribution in [3.05, 3.63) is 23.8 Å². The molecule has 0 aromatic heterocycles. The fraction of sp³-hybridized carbons (Fsp3) is 0.455. The van der Waals surface area contributed by atoms with E-state index in [4.69, 9.17) is 15.2 Å². The van der Waals surface area contributed by atoms with Gasteiger partial charge in [0.05, 0.1) is 25.2 Å². The minimum absolute atomic E-state index is 0.106. The molecule has 1 aromatic rings. The quantitative estimate of drug-likeness (QED) is 0.757. The number of nitrogens with one attached hydrogen (secondary N) is 1.